The van der Waals surface area contributed by atoms with Gasteiger partial charge in [0.2, 0.25) is 0 Å². The second-order valence-electron chi connectivity index (χ2n) is 10.2. The van der Waals surface area contributed by atoms with Crippen LogP contribution in [0.4, 0.5) is 8.78 Å². The van der Waals surface area contributed by atoms with Crippen LogP contribution in [0.5, 0.6) is 5.75 Å². The van der Waals surface area contributed by atoms with Gasteiger partial charge in [-0.3, -0.25) is 28.6 Å². The Bertz CT molecular complexity index is 1600. The van der Waals surface area contributed by atoms with Crippen molar-refractivity contribution in [1.29, 1.82) is 0 Å². The molecule has 0 amide bonds. The van der Waals surface area contributed by atoms with Crippen molar-refractivity contribution in [3.05, 3.63) is 81.5 Å². The van der Waals surface area contributed by atoms with Gasteiger partial charge >= 0.3 is 19.4 Å². The van der Waals surface area contributed by atoms with Gasteiger partial charge in [-0.25, -0.2) is 18.1 Å². The number of hydrogen-bond acceptors (Lipinski definition) is 10. The van der Waals surface area contributed by atoms with Crippen LogP contribution in [0.25, 0.3) is 11.3 Å². The topological polar surface area (TPSA) is 171 Å². The van der Waals surface area contributed by atoms with E-state index in [2.05, 4.69) is 10.1 Å². The van der Waals surface area contributed by atoms with Crippen LogP contribution in [0.1, 0.15) is 33.9 Å². The normalized spacial score (nSPS) is 24.0. The number of pyridine rings is 1. The van der Waals surface area contributed by atoms with E-state index in [0.717, 1.165) is 30.0 Å². The van der Waals surface area contributed by atoms with E-state index in [1.807, 2.05) is 4.98 Å². The maximum absolute atomic E-state index is 15.6. The largest absolute Gasteiger partial charge is 0.462 e. The van der Waals surface area contributed by atoms with Crippen LogP contribution in [0.3, 0.4) is 0 Å². The molecule has 6 atom stereocenters. The number of hydrogen-bond donors (Lipinski definition) is 3. The number of carbonyl (C=O) groups is 1. The number of ether oxygens (including phenoxy) is 2. The Morgan fingerprint density at radius 1 is 1.21 bits per heavy atom. The summed E-state index contributed by atoms with van der Waals surface area (Å²) in [5.41, 5.74) is -3.15. The highest BCUT2D eigenvalue weighted by molar-refractivity contribution is 7.52. The van der Waals surface area contributed by atoms with Crippen LogP contribution in [0.2, 0.25) is 0 Å². The van der Waals surface area contributed by atoms with Crippen molar-refractivity contribution in [3.8, 4) is 17.0 Å². The number of carbonyl (C=O) groups excluding carboxylic acids is 1. The van der Waals surface area contributed by atoms with E-state index in [4.69, 9.17) is 18.5 Å². The summed E-state index contributed by atoms with van der Waals surface area (Å²) in [5, 5.41) is 13.2. The lowest BCUT2D eigenvalue weighted by molar-refractivity contribution is -0.149. The quantitative estimate of drug-likeness (QED) is 0.212. The molecular formula is C27H31F2N4O9P. The molecular weight excluding hydrogens is 593 g/mol. The molecule has 1 fully saturated rings. The molecule has 0 aliphatic carbocycles. The molecule has 43 heavy (non-hydrogen) atoms. The van der Waals surface area contributed by atoms with E-state index in [9.17, 15) is 28.4 Å². The summed E-state index contributed by atoms with van der Waals surface area (Å²) in [6, 6.07) is 8.53. The number of H-pyrrole nitrogens is 1. The Morgan fingerprint density at radius 2 is 1.91 bits per heavy atom. The van der Waals surface area contributed by atoms with Gasteiger partial charge in [-0.2, -0.15) is 5.09 Å². The third-order valence-electron chi connectivity index (χ3n) is 6.39. The number of halogens is 2. The van der Waals surface area contributed by atoms with Gasteiger partial charge in [-0.15, -0.1) is 0 Å². The molecule has 1 aromatic carbocycles. The third-order valence-corrected chi connectivity index (χ3v) is 8.03. The van der Waals surface area contributed by atoms with E-state index in [1.165, 1.54) is 31.2 Å². The van der Waals surface area contributed by atoms with Crippen molar-refractivity contribution in [1.82, 2.24) is 19.6 Å². The van der Waals surface area contributed by atoms with Gasteiger partial charge in [0, 0.05) is 17.8 Å². The van der Waals surface area contributed by atoms with Crippen molar-refractivity contribution < 1.29 is 41.8 Å². The first kappa shape index (κ1) is 32.2. The Kier molecular flexibility index (Phi) is 9.62. The predicted octanol–water partition coefficient (Wildman–Crippen LogP) is 2.86. The van der Waals surface area contributed by atoms with Crippen molar-refractivity contribution in [2.24, 2.45) is 0 Å². The van der Waals surface area contributed by atoms with E-state index in [1.54, 1.807) is 26.0 Å². The number of nitrogens with one attached hydrogen (secondary N) is 2. The zero-order valence-electron chi connectivity index (χ0n) is 23.6. The minimum atomic E-state index is -4.46. The molecule has 0 saturated carbocycles. The van der Waals surface area contributed by atoms with Crippen LogP contribution in [0.15, 0.2) is 64.4 Å². The third kappa shape index (κ3) is 7.61. The second-order valence-corrected chi connectivity index (χ2v) is 11.9. The molecule has 1 unspecified atom stereocenters. The number of aliphatic hydroxyl groups excluding tert-OH is 1. The lowest BCUT2D eigenvalue weighted by Crippen LogP contribution is -2.43. The van der Waals surface area contributed by atoms with Gasteiger partial charge in [0.25, 0.3) is 5.56 Å². The van der Waals surface area contributed by atoms with Crippen LogP contribution in [-0.4, -0.2) is 62.2 Å². The van der Waals surface area contributed by atoms with Crippen LogP contribution in [0, 0.1) is 5.82 Å². The fraction of sp³-hybridized carbons (Fsp3) is 0.407. The Labute approximate surface area is 244 Å². The standard InChI is InChI=1S/C27H31F2N4O9P/c1-15(2)40-24(36)16(3)32-43(38,42-19-8-5-17(6-9-19)20-10-7-18(28)13-30-20)39-14-21-23(35)27(4,29)25(41-21)33-12-11-22(34)31-26(33)37/h5-13,15-16,21,23,25,35H,14H2,1-4H3,(H,32,38)(H,31,34,37)/t16-,21+,23+,25+,27+,43?/m0/s1. The summed E-state index contributed by atoms with van der Waals surface area (Å²) in [5.74, 6) is -1.22. The monoisotopic (exact) mass is 624 g/mol. The summed E-state index contributed by atoms with van der Waals surface area (Å²) >= 11 is 0. The summed E-state index contributed by atoms with van der Waals surface area (Å²) in [7, 11) is -4.46. The number of nitrogens with zero attached hydrogens (tertiary/aromatic N) is 2. The first-order valence-corrected chi connectivity index (χ1v) is 14.7. The van der Waals surface area contributed by atoms with Gasteiger partial charge in [0.15, 0.2) is 11.9 Å². The molecule has 232 valence electrons. The number of aromatic amines is 1. The van der Waals surface area contributed by atoms with Gasteiger partial charge < -0.3 is 19.1 Å². The number of rotatable bonds is 11. The molecule has 1 aliphatic rings. The molecule has 0 spiro atoms. The Balaban J connectivity index is 1.55. The molecule has 3 aromatic rings. The zero-order chi connectivity index (χ0) is 31.5. The van der Waals surface area contributed by atoms with E-state index < -0.39 is 73.6 Å². The minimum Gasteiger partial charge on any atom is -0.462 e. The number of esters is 1. The van der Waals surface area contributed by atoms with Gasteiger partial charge in [-0.1, -0.05) is 0 Å². The van der Waals surface area contributed by atoms with Crippen molar-refractivity contribution in [3.63, 3.8) is 0 Å². The van der Waals surface area contributed by atoms with Gasteiger partial charge in [-0.05, 0) is 64.1 Å². The molecule has 3 heterocycles. The molecule has 1 saturated heterocycles. The molecule has 0 radical (unpaired) electrons. The maximum atomic E-state index is 15.6. The fourth-order valence-electron chi connectivity index (χ4n) is 4.22. The fourth-order valence-corrected chi connectivity index (χ4v) is 5.72. The van der Waals surface area contributed by atoms with Crippen LogP contribution in [-0.2, 0) is 23.4 Å². The first-order valence-electron chi connectivity index (χ1n) is 13.2. The van der Waals surface area contributed by atoms with Gasteiger partial charge in [0.1, 0.15) is 29.8 Å². The molecule has 3 N–H and O–H groups in total. The van der Waals surface area contributed by atoms with E-state index in [0.29, 0.717) is 11.3 Å². The van der Waals surface area contributed by atoms with Crippen LogP contribution >= 0.6 is 7.75 Å². The molecule has 2 aromatic heterocycles. The number of benzene rings is 1. The van der Waals surface area contributed by atoms with Crippen LogP contribution < -0.4 is 20.9 Å². The highest BCUT2D eigenvalue weighted by Crippen LogP contribution is 2.47. The maximum Gasteiger partial charge on any atom is 0.459 e. The molecule has 13 nitrogen and oxygen atoms in total. The van der Waals surface area contributed by atoms with Crippen molar-refractivity contribution >= 4 is 13.7 Å². The molecule has 0 bridgehead atoms. The lowest BCUT2D eigenvalue weighted by atomic mass is 9.98. The van der Waals surface area contributed by atoms with Crippen molar-refractivity contribution in [2.45, 2.75) is 63.9 Å². The highest BCUT2D eigenvalue weighted by atomic mass is 31.2. The van der Waals surface area contributed by atoms with Crippen molar-refractivity contribution in [2.75, 3.05) is 6.61 Å². The smallest absolute Gasteiger partial charge is 0.459 e. The molecule has 4 rings (SSSR count). The lowest BCUT2D eigenvalue weighted by Gasteiger charge is -2.25. The first-order chi connectivity index (χ1) is 20.2. The Hall–Kier alpha value is -3.75. The summed E-state index contributed by atoms with van der Waals surface area (Å²) in [4.78, 5) is 42.1. The summed E-state index contributed by atoms with van der Waals surface area (Å²) < 4.78 is 65.4. The SMILES string of the molecule is CC(C)OC(=O)[C@H](C)NP(=O)(OC[C@H]1O[C@@H](n2ccc(=O)[nH]c2=O)[C@](C)(F)[C@@H]1O)Oc1ccc(-c2ccc(F)cn2)cc1. The summed E-state index contributed by atoms with van der Waals surface area (Å²) in [6.07, 6.45) is -3.38. The average Bonchev–Trinajstić information content (AvgIpc) is 3.16. The second kappa shape index (κ2) is 12.9. The molecule has 16 heteroatoms. The van der Waals surface area contributed by atoms with E-state index >= 15 is 4.39 Å². The van der Waals surface area contributed by atoms with E-state index in [-0.39, 0.29) is 5.75 Å². The average molecular weight is 625 g/mol. The van der Waals surface area contributed by atoms with Gasteiger partial charge in [0.05, 0.1) is 24.6 Å². The number of aromatic nitrogens is 3. The zero-order valence-corrected chi connectivity index (χ0v) is 24.5. The Morgan fingerprint density at radius 3 is 2.51 bits per heavy atom. The summed E-state index contributed by atoms with van der Waals surface area (Å²) in [6.45, 7) is 4.92. The molecule has 1 aliphatic heterocycles. The number of alkyl halides is 1. The highest BCUT2D eigenvalue weighted by Gasteiger charge is 2.56. The predicted molar refractivity (Wildman–Crippen MR) is 148 cm³/mol. The minimum absolute atomic E-state index is 0.0343. The number of aliphatic hydroxyl groups is 1.